The third kappa shape index (κ3) is 5.91. The van der Waals surface area contributed by atoms with Gasteiger partial charge in [0.1, 0.15) is 23.8 Å². The molecular formula is C10H14N5O13P3-2. The van der Waals surface area contributed by atoms with Gasteiger partial charge in [0, 0.05) is 0 Å². The first-order chi connectivity index (χ1) is 14.2. The molecule has 0 aromatic carbocycles. The van der Waals surface area contributed by atoms with E-state index in [-0.39, 0.29) is 17.1 Å². The van der Waals surface area contributed by atoms with Crippen molar-refractivity contribution < 1.29 is 61.4 Å². The summed E-state index contributed by atoms with van der Waals surface area (Å²) in [4.78, 5) is 50.8. The molecule has 18 nitrogen and oxygen atoms in total. The second kappa shape index (κ2) is 8.53. The van der Waals surface area contributed by atoms with Gasteiger partial charge in [0.25, 0.3) is 0 Å². The number of hydrogen-bond donors (Lipinski definition) is 5. The molecule has 2 aromatic rings. The summed E-state index contributed by atoms with van der Waals surface area (Å²) in [6, 6.07) is 0. The number of imidazole rings is 1. The van der Waals surface area contributed by atoms with Crippen LogP contribution in [0.5, 0.6) is 0 Å². The summed E-state index contributed by atoms with van der Waals surface area (Å²) in [6.07, 6.45) is -3.59. The molecule has 174 valence electrons. The Morgan fingerprint density at radius 2 is 1.81 bits per heavy atom. The van der Waals surface area contributed by atoms with E-state index in [9.17, 15) is 38.6 Å². The van der Waals surface area contributed by atoms with Gasteiger partial charge in [-0.25, -0.2) is 19.1 Å². The minimum atomic E-state index is -6.04. The van der Waals surface area contributed by atoms with Gasteiger partial charge in [0.05, 0.1) is 27.0 Å². The Balaban J connectivity index is 1.69. The molecular weight excluding hydrogens is 491 g/mol. The van der Waals surface area contributed by atoms with Crippen molar-refractivity contribution in [2.75, 3.05) is 12.3 Å². The lowest BCUT2D eigenvalue weighted by molar-refractivity contribution is -0.334. The quantitative estimate of drug-likeness (QED) is 0.225. The van der Waals surface area contributed by atoms with Gasteiger partial charge >= 0.3 is 15.6 Å². The zero-order valence-electron chi connectivity index (χ0n) is 14.8. The molecule has 6 atom stereocenters. The normalized spacial score (nSPS) is 28.5. The largest absolute Gasteiger partial charge is 0.789 e. The number of fused-ring (bicyclic) bond motifs is 1. The van der Waals surface area contributed by atoms with Crippen LogP contribution in [0.2, 0.25) is 0 Å². The predicted molar refractivity (Wildman–Crippen MR) is 91.0 cm³/mol. The number of phosphoric acid groups is 3. The van der Waals surface area contributed by atoms with Crippen molar-refractivity contribution in [1.82, 2.24) is 19.5 Å². The molecule has 0 bridgehead atoms. The summed E-state index contributed by atoms with van der Waals surface area (Å²) < 4.78 is 51.2. The second-order valence-electron chi connectivity index (χ2n) is 5.98. The van der Waals surface area contributed by atoms with E-state index in [4.69, 9.17) is 15.4 Å². The molecule has 1 saturated heterocycles. The van der Waals surface area contributed by atoms with Crippen LogP contribution >= 0.6 is 23.5 Å². The molecule has 1 aliphatic rings. The molecule has 31 heavy (non-hydrogen) atoms. The molecule has 6 unspecified atom stereocenters. The highest BCUT2D eigenvalue weighted by molar-refractivity contribution is 7.66. The Kier molecular flexibility index (Phi) is 6.68. The van der Waals surface area contributed by atoms with Crippen molar-refractivity contribution in [2.24, 2.45) is 0 Å². The van der Waals surface area contributed by atoms with Gasteiger partial charge in [0.15, 0.2) is 11.9 Å². The second-order valence-corrected chi connectivity index (χ2v) is 10.3. The lowest BCUT2D eigenvalue weighted by Crippen LogP contribution is -2.33. The fourth-order valence-electron chi connectivity index (χ4n) is 2.59. The summed E-state index contributed by atoms with van der Waals surface area (Å²) in [7, 11) is -17.4. The zero-order valence-corrected chi connectivity index (χ0v) is 17.5. The predicted octanol–water partition coefficient (Wildman–Crippen LogP) is -2.89. The van der Waals surface area contributed by atoms with E-state index in [1.165, 1.54) is 17.1 Å². The number of nitrogens with zero attached hydrogens (tertiary/aromatic N) is 4. The van der Waals surface area contributed by atoms with Gasteiger partial charge in [-0.15, -0.1) is 0 Å². The summed E-state index contributed by atoms with van der Waals surface area (Å²) in [6.45, 7) is -0.987. The van der Waals surface area contributed by atoms with Crippen LogP contribution in [0.25, 0.3) is 11.2 Å². The van der Waals surface area contributed by atoms with Crippen LogP contribution in [-0.4, -0.2) is 64.4 Å². The summed E-state index contributed by atoms with van der Waals surface area (Å²) in [5, 5.41) is 20.4. The molecule has 0 aliphatic carbocycles. The summed E-state index contributed by atoms with van der Waals surface area (Å²) >= 11 is 0. The maximum absolute atomic E-state index is 11.7. The third-order valence-corrected chi connectivity index (χ3v) is 7.51. The average molecular weight is 505 g/mol. The third-order valence-electron chi connectivity index (χ3n) is 3.76. The van der Waals surface area contributed by atoms with Crippen LogP contribution in [-0.2, 0) is 31.6 Å². The van der Waals surface area contributed by atoms with Gasteiger partial charge in [-0.2, -0.15) is 9.29 Å². The molecule has 0 saturated carbocycles. The maximum Gasteiger partial charge on any atom is 0.484 e. The van der Waals surface area contributed by atoms with Gasteiger partial charge < -0.3 is 44.8 Å². The van der Waals surface area contributed by atoms with Gasteiger partial charge in [-0.05, 0) is 0 Å². The van der Waals surface area contributed by atoms with E-state index in [0.29, 0.717) is 0 Å². The van der Waals surface area contributed by atoms with E-state index < -0.39 is 54.6 Å². The number of aromatic nitrogens is 4. The van der Waals surface area contributed by atoms with E-state index in [0.717, 1.165) is 0 Å². The number of phosphoric ester groups is 1. The Hall–Kier alpha value is -1.36. The maximum atomic E-state index is 11.7. The minimum absolute atomic E-state index is 0.114. The number of nitrogens with two attached hydrogens (primary N) is 1. The van der Waals surface area contributed by atoms with Crippen LogP contribution < -0.4 is 15.5 Å². The lowest BCUT2D eigenvalue weighted by atomic mass is 10.1. The Labute approximate surface area is 171 Å². The van der Waals surface area contributed by atoms with E-state index in [1.54, 1.807) is 0 Å². The molecule has 1 fully saturated rings. The first-order valence-electron chi connectivity index (χ1n) is 7.89. The number of hydrogen-bond acceptors (Lipinski definition) is 15. The van der Waals surface area contributed by atoms with Crippen LogP contribution in [0.3, 0.4) is 0 Å². The molecule has 3 heterocycles. The highest BCUT2D eigenvalue weighted by atomic mass is 31.3. The van der Waals surface area contributed by atoms with E-state index in [2.05, 4.69) is 28.1 Å². The summed E-state index contributed by atoms with van der Waals surface area (Å²) in [5.41, 5.74) is 5.92. The van der Waals surface area contributed by atoms with Gasteiger partial charge in [-0.1, -0.05) is 0 Å². The van der Waals surface area contributed by atoms with Crippen molar-refractivity contribution in [3.05, 3.63) is 12.5 Å². The zero-order chi connectivity index (χ0) is 23.2. The van der Waals surface area contributed by atoms with Crippen LogP contribution in [0, 0.1) is 0 Å². The Morgan fingerprint density at radius 3 is 2.45 bits per heavy atom. The molecule has 3 rings (SSSR count). The first-order valence-corrected chi connectivity index (χ1v) is 12.3. The highest BCUT2D eigenvalue weighted by Gasteiger charge is 2.46. The fraction of sp³-hybridized carbons (Fsp3) is 0.500. The monoisotopic (exact) mass is 505 g/mol. The number of aliphatic hydroxyl groups is 2. The van der Waals surface area contributed by atoms with Crippen molar-refractivity contribution in [2.45, 2.75) is 24.5 Å². The molecule has 0 spiro atoms. The molecule has 0 radical (unpaired) electrons. The molecule has 0 amide bonds. The Bertz CT molecular complexity index is 1100. The van der Waals surface area contributed by atoms with Crippen molar-refractivity contribution in [3.8, 4) is 0 Å². The lowest BCUT2D eigenvalue weighted by Gasteiger charge is -2.29. The SMILES string of the molecule is Nc1ncc2ncn(C3OC(COP(=O)(O)OP(=O)(O)OP(=O)([O-])[O-])C(O)C3O)c2n1. The van der Waals surface area contributed by atoms with Crippen LogP contribution in [0.15, 0.2) is 12.5 Å². The molecule has 1 aliphatic heterocycles. The summed E-state index contributed by atoms with van der Waals surface area (Å²) in [5.74, 6) is -0.114. The topological polar surface area (TPSA) is 285 Å². The standard InChI is InChI=1S/C10H16N5O13P3/c11-10-12-1-4-8(14-10)15(3-13-4)9-7(17)6(16)5(26-9)2-25-30(21,22)28-31(23,24)27-29(18,19)20/h1,3,5-7,9,16-17H,2H2,(H,21,22)(H,23,24)(H2,11,12,14)(H2,18,19,20)/p-2. The minimum Gasteiger partial charge on any atom is -0.789 e. The number of anilines is 1. The highest BCUT2D eigenvalue weighted by Crippen LogP contribution is 2.64. The van der Waals surface area contributed by atoms with Crippen LogP contribution in [0.4, 0.5) is 5.95 Å². The van der Waals surface area contributed by atoms with Crippen LogP contribution in [0.1, 0.15) is 6.23 Å². The first kappa shape index (κ1) is 24.3. The van der Waals surface area contributed by atoms with Crippen molar-refractivity contribution >= 4 is 40.6 Å². The van der Waals surface area contributed by atoms with Gasteiger partial charge in [-0.3, -0.25) is 13.4 Å². The molecule has 6 N–H and O–H groups in total. The Morgan fingerprint density at radius 1 is 1.13 bits per heavy atom. The molecule has 2 aromatic heterocycles. The fourth-order valence-corrected chi connectivity index (χ4v) is 5.55. The number of nitrogen functional groups attached to an aromatic ring is 1. The van der Waals surface area contributed by atoms with E-state index >= 15 is 0 Å². The number of rotatable bonds is 8. The molecule has 21 heteroatoms. The number of aliphatic hydroxyl groups excluding tert-OH is 2. The van der Waals surface area contributed by atoms with Crippen molar-refractivity contribution in [3.63, 3.8) is 0 Å². The van der Waals surface area contributed by atoms with Crippen molar-refractivity contribution in [1.29, 1.82) is 0 Å². The average Bonchev–Trinajstić information content (AvgIpc) is 3.11. The number of ether oxygens (including phenoxy) is 1. The van der Waals surface area contributed by atoms with E-state index in [1.807, 2.05) is 0 Å². The smallest absolute Gasteiger partial charge is 0.484 e. The van der Waals surface area contributed by atoms with Gasteiger partial charge in [0.2, 0.25) is 5.95 Å².